The molecule has 0 aliphatic carbocycles. The van der Waals surface area contributed by atoms with Crippen LogP contribution in [0.25, 0.3) is 0 Å². The molecule has 0 heterocycles. The van der Waals surface area contributed by atoms with Gasteiger partial charge < -0.3 is 5.73 Å². The summed E-state index contributed by atoms with van der Waals surface area (Å²) in [5.74, 6) is -0.452. The standard InChI is InChI=1S/C7H6BrClFN/c1-3-6(10)5(9)2-4(8)7(3)11/h2H,11H2,1H3. The average molecular weight is 238 g/mol. The Hall–Kier alpha value is -0.280. The van der Waals surface area contributed by atoms with Gasteiger partial charge in [0.25, 0.3) is 0 Å². The SMILES string of the molecule is Cc1c(N)c(Br)cc(Cl)c1F. The Bertz CT molecular complexity index is 275. The zero-order chi connectivity index (χ0) is 8.59. The van der Waals surface area contributed by atoms with Gasteiger partial charge in [-0.25, -0.2) is 4.39 Å². The Morgan fingerprint density at radius 3 is 2.73 bits per heavy atom. The molecule has 11 heavy (non-hydrogen) atoms. The molecular formula is C7H6BrClFN. The molecule has 0 aliphatic heterocycles. The van der Waals surface area contributed by atoms with Crippen molar-refractivity contribution in [3.63, 3.8) is 0 Å². The van der Waals surface area contributed by atoms with E-state index >= 15 is 0 Å². The van der Waals surface area contributed by atoms with Gasteiger partial charge in [-0.1, -0.05) is 11.6 Å². The number of halogens is 3. The van der Waals surface area contributed by atoms with Crippen LogP contribution in [0.5, 0.6) is 0 Å². The van der Waals surface area contributed by atoms with Crippen molar-refractivity contribution in [3.8, 4) is 0 Å². The fourth-order valence-electron chi connectivity index (χ4n) is 0.729. The van der Waals surface area contributed by atoms with Crippen LogP contribution in [0.4, 0.5) is 10.1 Å². The smallest absolute Gasteiger partial charge is 0.146 e. The van der Waals surface area contributed by atoms with E-state index in [1.807, 2.05) is 0 Å². The molecule has 1 aromatic rings. The summed E-state index contributed by atoms with van der Waals surface area (Å²) in [6.07, 6.45) is 0. The van der Waals surface area contributed by atoms with Crippen LogP contribution in [0.3, 0.4) is 0 Å². The lowest BCUT2D eigenvalue weighted by atomic mass is 10.2. The van der Waals surface area contributed by atoms with Crippen LogP contribution in [0.2, 0.25) is 5.02 Å². The normalized spacial score (nSPS) is 10.2. The van der Waals surface area contributed by atoms with Crippen LogP contribution < -0.4 is 5.73 Å². The maximum Gasteiger partial charge on any atom is 0.146 e. The molecule has 0 fully saturated rings. The van der Waals surface area contributed by atoms with E-state index in [9.17, 15) is 4.39 Å². The van der Waals surface area contributed by atoms with Gasteiger partial charge in [-0.05, 0) is 28.9 Å². The molecule has 4 heteroatoms. The summed E-state index contributed by atoms with van der Waals surface area (Å²) in [5.41, 5.74) is 6.28. The molecule has 0 atom stereocenters. The minimum atomic E-state index is -0.452. The first-order valence-electron chi connectivity index (χ1n) is 2.93. The second kappa shape index (κ2) is 2.99. The van der Waals surface area contributed by atoms with E-state index < -0.39 is 5.82 Å². The van der Waals surface area contributed by atoms with Gasteiger partial charge in [-0.2, -0.15) is 0 Å². The first-order chi connectivity index (χ1) is 5.04. The zero-order valence-electron chi connectivity index (χ0n) is 5.79. The lowest BCUT2D eigenvalue weighted by Crippen LogP contribution is -1.94. The van der Waals surface area contributed by atoms with Gasteiger partial charge in [0.2, 0.25) is 0 Å². The van der Waals surface area contributed by atoms with Crippen LogP contribution in [-0.4, -0.2) is 0 Å². The number of benzene rings is 1. The van der Waals surface area contributed by atoms with Crippen LogP contribution in [0.15, 0.2) is 10.5 Å². The van der Waals surface area contributed by atoms with E-state index in [1.54, 1.807) is 6.92 Å². The largest absolute Gasteiger partial charge is 0.398 e. The number of nitrogen functional groups attached to an aromatic ring is 1. The van der Waals surface area contributed by atoms with Gasteiger partial charge in [-0.15, -0.1) is 0 Å². The van der Waals surface area contributed by atoms with Gasteiger partial charge >= 0.3 is 0 Å². The molecule has 60 valence electrons. The quantitative estimate of drug-likeness (QED) is 0.545. The summed E-state index contributed by atoms with van der Waals surface area (Å²) in [5, 5.41) is 0.0866. The van der Waals surface area contributed by atoms with E-state index in [4.69, 9.17) is 17.3 Å². The topological polar surface area (TPSA) is 26.0 Å². The molecule has 2 N–H and O–H groups in total. The molecular weight excluding hydrogens is 232 g/mol. The molecule has 1 aromatic carbocycles. The third-order valence-electron chi connectivity index (χ3n) is 1.45. The van der Waals surface area contributed by atoms with Gasteiger partial charge in [0.15, 0.2) is 0 Å². The Balaban J connectivity index is 3.46. The maximum atomic E-state index is 12.9. The molecule has 0 saturated carbocycles. The monoisotopic (exact) mass is 237 g/mol. The van der Waals surface area contributed by atoms with Crippen molar-refractivity contribution < 1.29 is 4.39 Å². The second-order valence-corrected chi connectivity index (χ2v) is 3.45. The average Bonchev–Trinajstić information content (AvgIpc) is 1.97. The summed E-state index contributed by atoms with van der Waals surface area (Å²) in [6, 6.07) is 1.44. The molecule has 0 spiro atoms. The number of hydrogen-bond acceptors (Lipinski definition) is 1. The highest BCUT2D eigenvalue weighted by Gasteiger charge is 2.09. The molecule has 0 amide bonds. The first-order valence-corrected chi connectivity index (χ1v) is 4.10. The third-order valence-corrected chi connectivity index (χ3v) is 2.38. The summed E-state index contributed by atoms with van der Waals surface area (Å²) in [7, 11) is 0. The van der Waals surface area contributed by atoms with Gasteiger partial charge in [0.05, 0.1) is 10.7 Å². The fraction of sp³-hybridized carbons (Fsp3) is 0.143. The lowest BCUT2D eigenvalue weighted by Gasteiger charge is -2.04. The molecule has 0 saturated heterocycles. The number of hydrogen-bond donors (Lipinski definition) is 1. The molecule has 0 unspecified atom stereocenters. The van der Waals surface area contributed by atoms with Crippen molar-refractivity contribution in [2.45, 2.75) is 6.92 Å². The second-order valence-electron chi connectivity index (χ2n) is 2.19. The van der Waals surface area contributed by atoms with E-state index in [2.05, 4.69) is 15.9 Å². The van der Waals surface area contributed by atoms with Crippen molar-refractivity contribution in [1.29, 1.82) is 0 Å². The first kappa shape index (κ1) is 8.81. The predicted octanol–water partition coefficient (Wildman–Crippen LogP) is 3.13. The van der Waals surface area contributed by atoms with Crippen LogP contribution in [0, 0.1) is 12.7 Å². The predicted molar refractivity (Wildman–Crippen MR) is 48.3 cm³/mol. The van der Waals surface area contributed by atoms with E-state index in [0.29, 0.717) is 15.7 Å². The highest BCUT2D eigenvalue weighted by molar-refractivity contribution is 9.10. The van der Waals surface area contributed by atoms with Crippen molar-refractivity contribution in [2.75, 3.05) is 5.73 Å². The highest BCUT2D eigenvalue weighted by atomic mass is 79.9. The number of rotatable bonds is 0. The van der Waals surface area contributed by atoms with Crippen LogP contribution >= 0.6 is 27.5 Å². The Morgan fingerprint density at radius 1 is 1.64 bits per heavy atom. The van der Waals surface area contributed by atoms with Crippen molar-refractivity contribution in [2.24, 2.45) is 0 Å². The molecule has 0 bridgehead atoms. The zero-order valence-corrected chi connectivity index (χ0v) is 8.13. The summed E-state index contributed by atoms with van der Waals surface area (Å²) >= 11 is 8.69. The molecule has 1 rings (SSSR count). The lowest BCUT2D eigenvalue weighted by molar-refractivity contribution is 0.619. The van der Waals surface area contributed by atoms with Crippen molar-refractivity contribution in [3.05, 3.63) is 26.9 Å². The van der Waals surface area contributed by atoms with Gasteiger partial charge in [0.1, 0.15) is 5.82 Å². The van der Waals surface area contributed by atoms with E-state index in [-0.39, 0.29) is 5.02 Å². The summed E-state index contributed by atoms with van der Waals surface area (Å²) in [4.78, 5) is 0. The summed E-state index contributed by atoms with van der Waals surface area (Å²) in [6.45, 7) is 1.58. The Labute approximate surface area is 77.5 Å². The number of anilines is 1. The van der Waals surface area contributed by atoms with Crippen LogP contribution in [-0.2, 0) is 0 Å². The number of nitrogens with two attached hydrogens (primary N) is 1. The van der Waals surface area contributed by atoms with Crippen molar-refractivity contribution in [1.82, 2.24) is 0 Å². The minimum Gasteiger partial charge on any atom is -0.398 e. The maximum absolute atomic E-state index is 12.9. The van der Waals surface area contributed by atoms with Crippen molar-refractivity contribution >= 4 is 33.2 Å². The fourth-order valence-corrected chi connectivity index (χ4v) is 1.64. The summed E-state index contributed by atoms with van der Waals surface area (Å²) < 4.78 is 13.6. The van der Waals surface area contributed by atoms with E-state index in [1.165, 1.54) is 6.07 Å². The minimum absolute atomic E-state index is 0.0866. The molecule has 0 aromatic heterocycles. The molecule has 0 aliphatic rings. The Morgan fingerprint density at radius 2 is 2.18 bits per heavy atom. The Kier molecular flexibility index (Phi) is 2.40. The van der Waals surface area contributed by atoms with E-state index in [0.717, 1.165) is 0 Å². The molecule has 0 radical (unpaired) electrons. The van der Waals surface area contributed by atoms with Gasteiger partial charge in [-0.3, -0.25) is 0 Å². The highest BCUT2D eigenvalue weighted by Crippen LogP contribution is 2.30. The van der Waals surface area contributed by atoms with Gasteiger partial charge in [0, 0.05) is 10.0 Å². The third kappa shape index (κ3) is 1.49. The van der Waals surface area contributed by atoms with Crippen LogP contribution in [0.1, 0.15) is 5.56 Å². The molecule has 1 nitrogen and oxygen atoms in total.